The Hall–Kier alpha value is -3.82. The number of rotatable bonds is 5. The number of aryl methyl sites for hydroxylation is 1. The van der Waals surface area contributed by atoms with Gasteiger partial charge in [0.25, 0.3) is 11.2 Å². The standard InChI is InChI=1S/C29H22BrN3O4S/c1-2-37-24-13-10-17(14-23(24)30)15-25-28(34)32-27(19-7-5-8-20(16-19)33(35)36)22-12-11-18-6-3-4-9-21(18)26(22)31-29(32)38-25/h3-10,13-16,27H,2,11-12H2,1H3/b25-15+/t27-/m0/s1. The van der Waals surface area contributed by atoms with E-state index in [1.54, 1.807) is 16.7 Å². The molecule has 2 aliphatic rings. The molecule has 0 saturated carbocycles. The molecule has 0 unspecified atom stereocenters. The van der Waals surface area contributed by atoms with Gasteiger partial charge in [0, 0.05) is 17.7 Å². The van der Waals surface area contributed by atoms with Crippen LogP contribution in [0.3, 0.4) is 0 Å². The molecule has 3 aromatic carbocycles. The van der Waals surface area contributed by atoms with E-state index in [1.165, 1.54) is 23.0 Å². The minimum absolute atomic E-state index is 0.000718. The van der Waals surface area contributed by atoms with Gasteiger partial charge in [-0.1, -0.05) is 53.8 Å². The number of nitrogens with zero attached hydrogens (tertiary/aromatic N) is 3. The number of ether oxygens (including phenoxy) is 1. The summed E-state index contributed by atoms with van der Waals surface area (Å²) in [5, 5.41) is 11.6. The molecule has 0 radical (unpaired) electrons. The molecule has 0 spiro atoms. The number of fused-ring (bicyclic) bond motifs is 3. The highest BCUT2D eigenvalue weighted by atomic mass is 79.9. The number of non-ortho nitro benzene ring substituents is 1. The summed E-state index contributed by atoms with van der Waals surface area (Å²) in [7, 11) is 0. The Kier molecular flexibility index (Phi) is 6.33. The van der Waals surface area contributed by atoms with Crippen LogP contribution in [0.25, 0.3) is 11.8 Å². The van der Waals surface area contributed by atoms with Crippen LogP contribution in [0.1, 0.15) is 41.6 Å². The summed E-state index contributed by atoms with van der Waals surface area (Å²) < 4.78 is 8.66. The van der Waals surface area contributed by atoms with E-state index >= 15 is 0 Å². The SMILES string of the molecule is CCOc1ccc(/C=c2/sc3n(c2=O)[C@@H](c2cccc([N+](=O)[O-])c2)C2=C(N=3)c3ccccc3CC2)cc1Br. The van der Waals surface area contributed by atoms with Crippen LogP contribution in [0.15, 0.2) is 86.6 Å². The van der Waals surface area contributed by atoms with Gasteiger partial charge in [0.2, 0.25) is 0 Å². The zero-order chi connectivity index (χ0) is 26.4. The molecule has 1 aliphatic carbocycles. The monoisotopic (exact) mass is 587 g/mol. The lowest BCUT2D eigenvalue weighted by atomic mass is 9.83. The minimum atomic E-state index is -0.469. The van der Waals surface area contributed by atoms with Crippen LogP contribution in [0.2, 0.25) is 0 Å². The number of benzene rings is 3. The molecule has 4 aromatic rings. The van der Waals surface area contributed by atoms with Gasteiger partial charge in [-0.25, -0.2) is 4.99 Å². The number of halogens is 1. The predicted molar refractivity (Wildman–Crippen MR) is 151 cm³/mol. The number of nitro groups is 1. The Morgan fingerprint density at radius 3 is 2.79 bits per heavy atom. The first-order valence-corrected chi connectivity index (χ1v) is 13.9. The van der Waals surface area contributed by atoms with Crippen molar-refractivity contribution in [3.05, 3.63) is 129 Å². The number of allylic oxidation sites excluding steroid dienone is 1. The number of aromatic nitrogens is 1. The van der Waals surface area contributed by atoms with Crippen LogP contribution in [-0.4, -0.2) is 16.1 Å². The second-order valence-corrected chi connectivity index (χ2v) is 11.0. The van der Waals surface area contributed by atoms with Crippen molar-refractivity contribution < 1.29 is 9.66 Å². The predicted octanol–water partition coefficient (Wildman–Crippen LogP) is 5.39. The number of hydrogen-bond acceptors (Lipinski definition) is 6. The third kappa shape index (κ3) is 4.21. The van der Waals surface area contributed by atoms with Gasteiger partial charge in [0.05, 0.1) is 32.3 Å². The van der Waals surface area contributed by atoms with E-state index in [9.17, 15) is 14.9 Å². The van der Waals surface area contributed by atoms with E-state index in [4.69, 9.17) is 9.73 Å². The fraction of sp³-hybridized carbons (Fsp3) is 0.172. The Balaban J connectivity index is 1.58. The maximum atomic E-state index is 13.9. The molecule has 2 heterocycles. The van der Waals surface area contributed by atoms with E-state index in [2.05, 4.69) is 28.1 Å². The molecule has 1 atom stereocenters. The Morgan fingerprint density at radius 2 is 2.00 bits per heavy atom. The van der Waals surface area contributed by atoms with Crippen molar-refractivity contribution in [3.63, 3.8) is 0 Å². The summed E-state index contributed by atoms with van der Waals surface area (Å²) in [4.78, 5) is 30.6. The third-order valence-electron chi connectivity index (χ3n) is 6.82. The van der Waals surface area contributed by atoms with Gasteiger partial charge >= 0.3 is 0 Å². The fourth-order valence-electron chi connectivity index (χ4n) is 5.16. The van der Waals surface area contributed by atoms with Crippen molar-refractivity contribution in [2.24, 2.45) is 4.99 Å². The second-order valence-electron chi connectivity index (χ2n) is 9.09. The molecular weight excluding hydrogens is 566 g/mol. The molecule has 7 nitrogen and oxygen atoms in total. The molecule has 0 saturated heterocycles. The lowest BCUT2D eigenvalue weighted by Crippen LogP contribution is -2.38. The lowest BCUT2D eigenvalue weighted by Gasteiger charge is -2.30. The van der Waals surface area contributed by atoms with Crippen molar-refractivity contribution >= 4 is 44.7 Å². The van der Waals surface area contributed by atoms with Crippen LogP contribution < -0.4 is 19.6 Å². The highest BCUT2D eigenvalue weighted by Crippen LogP contribution is 2.41. The summed E-state index contributed by atoms with van der Waals surface area (Å²) >= 11 is 4.88. The molecule has 9 heteroatoms. The van der Waals surface area contributed by atoms with Crippen LogP contribution in [0.4, 0.5) is 5.69 Å². The van der Waals surface area contributed by atoms with Gasteiger partial charge in [0.15, 0.2) is 4.80 Å². The molecule has 0 N–H and O–H groups in total. The van der Waals surface area contributed by atoms with Crippen molar-refractivity contribution in [3.8, 4) is 5.75 Å². The smallest absolute Gasteiger partial charge is 0.271 e. The first-order chi connectivity index (χ1) is 18.4. The Bertz CT molecular complexity index is 1820. The van der Waals surface area contributed by atoms with Gasteiger partial charge in [-0.3, -0.25) is 19.5 Å². The highest BCUT2D eigenvalue weighted by Gasteiger charge is 2.33. The summed E-state index contributed by atoms with van der Waals surface area (Å²) in [6.07, 6.45) is 3.39. The Labute approximate surface area is 230 Å². The van der Waals surface area contributed by atoms with Gasteiger partial charge in [0.1, 0.15) is 5.75 Å². The largest absolute Gasteiger partial charge is 0.493 e. The molecule has 1 aliphatic heterocycles. The third-order valence-corrected chi connectivity index (χ3v) is 8.43. The molecule has 0 bridgehead atoms. The summed E-state index contributed by atoms with van der Waals surface area (Å²) in [6.45, 7) is 2.48. The van der Waals surface area contributed by atoms with Crippen molar-refractivity contribution in [1.82, 2.24) is 4.57 Å². The van der Waals surface area contributed by atoms with Gasteiger partial charge < -0.3 is 4.74 Å². The second kappa shape index (κ2) is 9.81. The van der Waals surface area contributed by atoms with E-state index in [-0.39, 0.29) is 11.2 Å². The summed E-state index contributed by atoms with van der Waals surface area (Å²) in [6, 6.07) is 20.0. The van der Waals surface area contributed by atoms with Crippen molar-refractivity contribution in [2.45, 2.75) is 25.8 Å². The van der Waals surface area contributed by atoms with E-state index in [0.717, 1.165) is 45.5 Å². The van der Waals surface area contributed by atoms with Crippen molar-refractivity contribution in [2.75, 3.05) is 6.61 Å². The summed E-state index contributed by atoms with van der Waals surface area (Å²) in [5.74, 6) is 0.739. The van der Waals surface area contributed by atoms with Crippen LogP contribution in [-0.2, 0) is 6.42 Å². The van der Waals surface area contributed by atoms with Crippen LogP contribution in [0.5, 0.6) is 5.75 Å². The van der Waals surface area contributed by atoms with Crippen LogP contribution >= 0.6 is 27.3 Å². The lowest BCUT2D eigenvalue weighted by molar-refractivity contribution is -0.384. The molecule has 38 heavy (non-hydrogen) atoms. The fourth-order valence-corrected chi connectivity index (χ4v) is 6.67. The number of hydrogen-bond donors (Lipinski definition) is 0. The molecular formula is C29H22BrN3O4S. The van der Waals surface area contributed by atoms with E-state index in [1.807, 2.05) is 49.4 Å². The zero-order valence-electron chi connectivity index (χ0n) is 20.4. The number of nitro benzene ring substituents is 1. The molecule has 0 fully saturated rings. The average Bonchev–Trinajstić information content (AvgIpc) is 3.23. The first-order valence-electron chi connectivity index (χ1n) is 12.2. The average molecular weight is 588 g/mol. The Morgan fingerprint density at radius 1 is 1.16 bits per heavy atom. The minimum Gasteiger partial charge on any atom is -0.493 e. The molecule has 6 rings (SSSR count). The molecule has 0 amide bonds. The zero-order valence-corrected chi connectivity index (χ0v) is 22.8. The summed E-state index contributed by atoms with van der Waals surface area (Å²) in [5.41, 5.74) is 5.53. The van der Waals surface area contributed by atoms with Crippen LogP contribution in [0, 0.1) is 10.1 Å². The van der Waals surface area contributed by atoms with E-state index in [0.29, 0.717) is 21.5 Å². The highest BCUT2D eigenvalue weighted by molar-refractivity contribution is 9.10. The first kappa shape index (κ1) is 24.5. The quantitative estimate of drug-likeness (QED) is 0.231. The van der Waals surface area contributed by atoms with Crippen molar-refractivity contribution in [1.29, 1.82) is 0 Å². The van der Waals surface area contributed by atoms with Gasteiger partial charge in [-0.15, -0.1) is 0 Å². The van der Waals surface area contributed by atoms with Gasteiger partial charge in [-0.05, 0) is 76.2 Å². The maximum Gasteiger partial charge on any atom is 0.271 e. The maximum absolute atomic E-state index is 13.9. The molecule has 190 valence electrons. The molecule has 1 aromatic heterocycles. The van der Waals surface area contributed by atoms with E-state index < -0.39 is 11.0 Å². The normalized spacial score (nSPS) is 16.4. The topological polar surface area (TPSA) is 86.7 Å². The van der Waals surface area contributed by atoms with Gasteiger partial charge in [-0.2, -0.15) is 0 Å². The number of thiazole rings is 1.